The van der Waals surface area contributed by atoms with Crippen LogP contribution in [0.25, 0.3) is 11.3 Å². The van der Waals surface area contributed by atoms with Crippen LogP contribution in [0.5, 0.6) is 11.5 Å². The van der Waals surface area contributed by atoms with E-state index in [2.05, 4.69) is 58.6 Å². The molecule has 2 amide bonds. The van der Waals surface area contributed by atoms with E-state index in [-0.39, 0.29) is 23.6 Å². The number of carbonyl (C=O) groups excluding carboxylic acids is 1. The number of ether oxygens (including phenoxy) is 2. The molecule has 3 aromatic heterocycles. The fourth-order valence-corrected chi connectivity index (χ4v) is 7.01. The third kappa shape index (κ3) is 7.83. The van der Waals surface area contributed by atoms with E-state index in [1.165, 1.54) is 6.42 Å². The van der Waals surface area contributed by atoms with Gasteiger partial charge in [0.05, 0.1) is 28.6 Å². The number of hydrogen-bond donors (Lipinski definition) is 2. The lowest BCUT2D eigenvalue weighted by molar-refractivity contribution is 0.171. The molecule has 0 radical (unpaired) electrons. The standard InChI is InChI=1S/C39H48ClN9O3/c1-39(2,3)34-24-36(49(45-34)26-13-15-30(40)33(23-26)51-22-21-46(4)5)42-37(50)41-31-16-17-32(29-12-8-7-11-28(29)31)52-27-14-18-35-43-44-38(48(35)25-27)47-19-9-6-10-20-47/h7-8,11-15,18,23-25,31-32H,6,9-10,16-17,19-22H2,1-5H3,(H2,41,42,50)/t31-,32+/m0/s1. The number of fused-ring (bicyclic) bond motifs is 2. The van der Waals surface area contributed by atoms with Crippen LogP contribution in [0.1, 0.15) is 81.8 Å². The van der Waals surface area contributed by atoms with Crippen molar-refractivity contribution < 1.29 is 14.3 Å². The molecule has 1 saturated heterocycles. The van der Waals surface area contributed by atoms with Crippen molar-refractivity contribution in [2.24, 2.45) is 0 Å². The molecule has 13 heteroatoms. The third-order valence-corrected chi connectivity index (χ3v) is 10.0. The zero-order valence-electron chi connectivity index (χ0n) is 30.6. The average Bonchev–Trinajstić information content (AvgIpc) is 3.75. The first kappa shape index (κ1) is 35.6. The highest BCUT2D eigenvalue weighted by atomic mass is 35.5. The molecule has 0 bridgehead atoms. The Morgan fingerprint density at radius 1 is 0.981 bits per heavy atom. The van der Waals surface area contributed by atoms with Gasteiger partial charge in [-0.25, -0.2) is 9.48 Å². The van der Waals surface area contributed by atoms with Gasteiger partial charge in [-0.15, -0.1) is 10.2 Å². The minimum atomic E-state index is -0.319. The van der Waals surface area contributed by atoms with Crippen LogP contribution in [-0.4, -0.2) is 75.6 Å². The lowest BCUT2D eigenvalue weighted by atomic mass is 9.85. The highest BCUT2D eigenvalue weighted by Gasteiger charge is 2.30. The van der Waals surface area contributed by atoms with E-state index in [0.717, 1.165) is 78.7 Å². The maximum atomic E-state index is 13.7. The SMILES string of the molecule is CN(C)CCOc1cc(-n2nc(C(C)(C)C)cc2NC(=O)N[C@H]2CC[C@@H](Oc3ccc4nnc(N5CCCCC5)n4c3)c3ccccc32)ccc1Cl. The summed E-state index contributed by atoms with van der Waals surface area (Å²) in [5.41, 5.74) is 4.21. The molecule has 0 unspecified atom stereocenters. The number of aromatic nitrogens is 5. The fraction of sp³-hybridized carbons (Fsp3) is 0.436. The number of benzene rings is 2. The summed E-state index contributed by atoms with van der Waals surface area (Å²) in [6, 6.07) is 19.0. The summed E-state index contributed by atoms with van der Waals surface area (Å²) in [6.45, 7) is 9.49. The molecule has 4 heterocycles. The van der Waals surface area contributed by atoms with Gasteiger partial charge in [0.2, 0.25) is 5.95 Å². The second-order valence-electron chi connectivity index (χ2n) is 14.9. The summed E-state index contributed by atoms with van der Waals surface area (Å²) in [7, 11) is 3.99. The molecule has 2 N–H and O–H groups in total. The average molecular weight is 726 g/mol. The van der Waals surface area contributed by atoms with Crippen molar-refractivity contribution >= 4 is 35.0 Å². The van der Waals surface area contributed by atoms with Crippen molar-refractivity contribution in [1.82, 2.24) is 34.6 Å². The van der Waals surface area contributed by atoms with Crippen molar-refractivity contribution in [3.63, 3.8) is 0 Å². The second-order valence-corrected chi connectivity index (χ2v) is 15.4. The number of anilines is 2. The number of hydrogen-bond acceptors (Lipinski definition) is 8. The number of halogens is 1. The van der Waals surface area contributed by atoms with E-state index >= 15 is 0 Å². The van der Waals surface area contributed by atoms with Crippen LogP contribution < -0.4 is 25.0 Å². The summed E-state index contributed by atoms with van der Waals surface area (Å²) < 4.78 is 16.4. The van der Waals surface area contributed by atoms with E-state index in [9.17, 15) is 4.79 Å². The Balaban J connectivity index is 1.08. The van der Waals surface area contributed by atoms with Crippen molar-refractivity contribution in [1.29, 1.82) is 0 Å². The van der Waals surface area contributed by atoms with E-state index in [1.807, 2.05) is 72.1 Å². The first-order chi connectivity index (χ1) is 25.0. The van der Waals surface area contributed by atoms with Crippen molar-refractivity contribution in [2.45, 2.75) is 70.4 Å². The maximum Gasteiger partial charge on any atom is 0.320 e. The first-order valence-corrected chi connectivity index (χ1v) is 18.5. The van der Waals surface area contributed by atoms with Gasteiger partial charge in [-0.3, -0.25) is 9.72 Å². The summed E-state index contributed by atoms with van der Waals surface area (Å²) in [4.78, 5) is 18.1. The van der Waals surface area contributed by atoms with Crippen LogP contribution in [-0.2, 0) is 5.41 Å². The number of urea groups is 1. The molecule has 1 fully saturated rings. The molecule has 0 saturated carbocycles. The number of rotatable bonds is 10. The van der Waals surface area contributed by atoms with Gasteiger partial charge in [-0.1, -0.05) is 56.6 Å². The van der Waals surface area contributed by atoms with Gasteiger partial charge in [0.15, 0.2) is 5.65 Å². The topological polar surface area (TPSA) is 114 Å². The highest BCUT2D eigenvalue weighted by molar-refractivity contribution is 6.32. The van der Waals surface area contributed by atoms with Crippen LogP contribution in [0, 0.1) is 0 Å². The molecule has 1 aliphatic carbocycles. The van der Waals surface area contributed by atoms with Gasteiger partial charge in [-0.2, -0.15) is 5.10 Å². The quantitative estimate of drug-likeness (QED) is 0.152. The Kier molecular flexibility index (Phi) is 10.3. The van der Waals surface area contributed by atoms with E-state index in [0.29, 0.717) is 29.6 Å². The largest absolute Gasteiger partial charge is 0.491 e. The number of amides is 2. The van der Waals surface area contributed by atoms with Crippen molar-refractivity contribution in [2.75, 3.05) is 50.6 Å². The molecule has 2 aliphatic rings. The number of nitrogens with one attached hydrogen (secondary N) is 2. The molecule has 12 nitrogen and oxygen atoms in total. The summed E-state index contributed by atoms with van der Waals surface area (Å²) >= 11 is 6.50. The first-order valence-electron chi connectivity index (χ1n) is 18.1. The summed E-state index contributed by atoms with van der Waals surface area (Å²) in [5.74, 6) is 2.72. The normalized spacial score (nSPS) is 17.6. The van der Waals surface area contributed by atoms with Gasteiger partial charge >= 0.3 is 6.03 Å². The highest BCUT2D eigenvalue weighted by Crippen LogP contribution is 2.39. The van der Waals surface area contributed by atoms with Gasteiger partial charge in [0.1, 0.15) is 30.0 Å². The van der Waals surface area contributed by atoms with E-state index in [4.69, 9.17) is 26.2 Å². The maximum absolute atomic E-state index is 13.7. The van der Waals surface area contributed by atoms with Crippen LogP contribution in [0.15, 0.2) is 66.9 Å². The van der Waals surface area contributed by atoms with Crippen LogP contribution >= 0.6 is 11.6 Å². The Morgan fingerprint density at radius 3 is 2.54 bits per heavy atom. The predicted molar refractivity (Wildman–Crippen MR) is 204 cm³/mol. The molecular weight excluding hydrogens is 678 g/mol. The molecule has 7 rings (SSSR count). The fourth-order valence-electron chi connectivity index (χ4n) is 6.84. The summed E-state index contributed by atoms with van der Waals surface area (Å²) in [5, 5.41) is 20.6. The van der Waals surface area contributed by atoms with Gasteiger partial charge in [0.25, 0.3) is 0 Å². The number of likely N-dealkylation sites (N-methyl/N-ethyl adjacent to an activating group) is 1. The molecule has 5 aromatic rings. The Labute approximate surface area is 310 Å². The monoisotopic (exact) mass is 725 g/mol. The van der Waals surface area contributed by atoms with Crippen molar-refractivity contribution in [3.05, 3.63) is 88.7 Å². The Hall–Kier alpha value is -4.81. The lowest BCUT2D eigenvalue weighted by Crippen LogP contribution is -2.36. The van der Waals surface area contributed by atoms with Gasteiger partial charge in [0, 0.05) is 37.2 Å². The van der Waals surface area contributed by atoms with Crippen LogP contribution in [0.2, 0.25) is 5.02 Å². The lowest BCUT2D eigenvalue weighted by Gasteiger charge is -2.32. The second kappa shape index (κ2) is 15.0. The number of pyridine rings is 1. The number of nitrogens with zero attached hydrogens (tertiary/aromatic N) is 7. The minimum Gasteiger partial charge on any atom is -0.491 e. The number of piperidine rings is 1. The minimum absolute atomic E-state index is 0.167. The zero-order chi connectivity index (χ0) is 36.4. The van der Waals surface area contributed by atoms with Crippen LogP contribution in [0.4, 0.5) is 16.6 Å². The summed E-state index contributed by atoms with van der Waals surface area (Å²) in [6.07, 6.45) is 6.84. The van der Waals surface area contributed by atoms with E-state index in [1.54, 1.807) is 10.7 Å². The Bertz CT molecular complexity index is 2030. The molecule has 2 aromatic carbocycles. The smallest absolute Gasteiger partial charge is 0.320 e. The van der Waals surface area contributed by atoms with Gasteiger partial charge in [-0.05, 0) is 81.6 Å². The molecule has 1 aliphatic heterocycles. The molecule has 0 spiro atoms. The molecule has 52 heavy (non-hydrogen) atoms. The van der Waals surface area contributed by atoms with E-state index < -0.39 is 0 Å². The van der Waals surface area contributed by atoms with Gasteiger partial charge < -0.3 is 24.6 Å². The predicted octanol–water partition coefficient (Wildman–Crippen LogP) is 7.57. The molecule has 2 atom stereocenters. The zero-order valence-corrected chi connectivity index (χ0v) is 31.4. The number of carbonyl (C=O) groups is 1. The molecule has 274 valence electrons. The third-order valence-electron chi connectivity index (χ3n) is 9.69. The Morgan fingerprint density at radius 2 is 1.77 bits per heavy atom. The van der Waals surface area contributed by atoms with Crippen molar-refractivity contribution in [3.8, 4) is 17.2 Å². The van der Waals surface area contributed by atoms with Crippen LogP contribution in [0.3, 0.4) is 0 Å². The molecular formula is C39H48ClN9O3.